The second-order valence-corrected chi connectivity index (χ2v) is 10.3. The number of carbonyl (C=O) groups excluding carboxylic acids is 2. The van der Waals surface area contributed by atoms with E-state index in [4.69, 9.17) is 4.98 Å². The fraction of sp³-hybridized carbons (Fsp3) is 0.115. The van der Waals surface area contributed by atoms with Crippen LogP contribution in [-0.2, 0) is 9.59 Å². The number of aromatic nitrogens is 1. The average molecular weight is 566 g/mol. The Labute approximate surface area is 208 Å². The molecule has 2 heterocycles. The van der Waals surface area contributed by atoms with Crippen LogP contribution < -0.4 is 4.90 Å². The second-order valence-electron chi connectivity index (χ2n) is 8.01. The van der Waals surface area contributed by atoms with Crippen LogP contribution in [-0.4, -0.2) is 21.8 Å². The molecule has 5 nitrogen and oxygen atoms in total. The monoisotopic (exact) mass is 566 g/mol. The third-order valence-electron chi connectivity index (χ3n) is 5.70. The van der Waals surface area contributed by atoms with Gasteiger partial charge in [-0.15, -0.1) is 0 Å². The molecule has 0 saturated carbocycles. The summed E-state index contributed by atoms with van der Waals surface area (Å²) in [6.07, 6.45) is 0. The Morgan fingerprint density at radius 1 is 1.03 bits per heavy atom. The molecule has 1 aromatic heterocycles. The lowest BCUT2D eigenvalue weighted by Gasteiger charge is -2.23. The molecule has 7 heteroatoms. The number of hydrogen-bond donors (Lipinski definition) is 1. The molecule has 1 saturated heterocycles. The third kappa shape index (κ3) is 3.75. The molecule has 1 fully saturated rings. The Bertz CT molecular complexity index is 1440. The molecule has 0 radical (unpaired) electrons. The number of thiazole rings is 1. The van der Waals surface area contributed by atoms with Crippen LogP contribution in [0.4, 0.5) is 5.13 Å². The number of anilines is 1. The molecule has 0 spiro atoms. The van der Waals surface area contributed by atoms with Crippen molar-refractivity contribution in [2.24, 2.45) is 0 Å². The molecule has 1 N–H and O–H groups in total. The van der Waals surface area contributed by atoms with Crippen molar-refractivity contribution in [3.63, 3.8) is 0 Å². The summed E-state index contributed by atoms with van der Waals surface area (Å²) >= 11 is 3.59. The Hall–Kier alpha value is -3.04. The van der Waals surface area contributed by atoms with Gasteiger partial charge in [0.25, 0.3) is 5.78 Å². The van der Waals surface area contributed by atoms with Gasteiger partial charge in [0.1, 0.15) is 5.76 Å². The minimum Gasteiger partial charge on any atom is -0.507 e. The van der Waals surface area contributed by atoms with Gasteiger partial charge in [-0.25, -0.2) is 4.98 Å². The van der Waals surface area contributed by atoms with Gasteiger partial charge in [0.15, 0.2) is 5.13 Å². The Morgan fingerprint density at radius 3 is 2.42 bits per heavy atom. The summed E-state index contributed by atoms with van der Waals surface area (Å²) in [6, 6.07) is 19.7. The molecule has 1 unspecified atom stereocenters. The van der Waals surface area contributed by atoms with E-state index in [-0.39, 0.29) is 11.3 Å². The van der Waals surface area contributed by atoms with Crippen LogP contribution in [0.3, 0.4) is 0 Å². The van der Waals surface area contributed by atoms with Gasteiger partial charge < -0.3 is 5.11 Å². The molecule has 5 rings (SSSR count). The normalized spacial score (nSPS) is 17.8. The fourth-order valence-electron chi connectivity index (χ4n) is 4.20. The van der Waals surface area contributed by atoms with E-state index in [0.717, 1.165) is 30.5 Å². The second kappa shape index (κ2) is 8.39. The molecule has 3 aromatic carbocycles. The number of halogens is 1. The summed E-state index contributed by atoms with van der Waals surface area (Å²) < 4.78 is 1.98. The van der Waals surface area contributed by atoms with Crippen LogP contribution >= 0.6 is 33.9 Å². The number of amides is 1. The maximum Gasteiger partial charge on any atom is 0.301 e. The first kappa shape index (κ1) is 21.8. The molecule has 33 heavy (non-hydrogen) atoms. The van der Waals surface area contributed by atoms with Gasteiger partial charge in [-0.05, 0) is 71.3 Å². The maximum atomic E-state index is 13.3. The van der Waals surface area contributed by atoms with Crippen LogP contribution in [0.1, 0.15) is 28.3 Å². The summed E-state index contributed by atoms with van der Waals surface area (Å²) in [6.45, 7) is 4.00. The highest BCUT2D eigenvalue weighted by atomic mass is 127. The third-order valence-corrected chi connectivity index (χ3v) is 7.42. The number of aryl methyl sites for hydroxylation is 2. The van der Waals surface area contributed by atoms with Crippen molar-refractivity contribution in [3.05, 3.63) is 98.1 Å². The molecular weight excluding hydrogens is 547 g/mol. The average Bonchev–Trinajstić information content (AvgIpc) is 3.33. The van der Waals surface area contributed by atoms with Crippen molar-refractivity contribution in [2.45, 2.75) is 19.9 Å². The first-order chi connectivity index (χ1) is 15.8. The van der Waals surface area contributed by atoms with Gasteiger partial charge in [-0.2, -0.15) is 0 Å². The van der Waals surface area contributed by atoms with Crippen LogP contribution in [0.2, 0.25) is 0 Å². The zero-order chi connectivity index (χ0) is 23.3. The molecule has 0 bridgehead atoms. The Morgan fingerprint density at radius 2 is 1.73 bits per heavy atom. The fourth-order valence-corrected chi connectivity index (χ4v) is 5.73. The number of rotatable bonds is 3. The van der Waals surface area contributed by atoms with Crippen molar-refractivity contribution in [1.82, 2.24) is 4.98 Å². The molecule has 0 aliphatic carbocycles. The highest BCUT2D eigenvalue weighted by Crippen LogP contribution is 2.44. The predicted molar refractivity (Wildman–Crippen MR) is 139 cm³/mol. The van der Waals surface area contributed by atoms with E-state index in [9.17, 15) is 14.7 Å². The van der Waals surface area contributed by atoms with Crippen molar-refractivity contribution in [3.8, 4) is 0 Å². The van der Waals surface area contributed by atoms with Gasteiger partial charge in [0.05, 0.1) is 21.8 Å². The summed E-state index contributed by atoms with van der Waals surface area (Å²) in [5, 5.41) is 11.6. The number of benzene rings is 3. The van der Waals surface area contributed by atoms with Crippen LogP contribution in [0, 0.1) is 17.4 Å². The van der Waals surface area contributed by atoms with Gasteiger partial charge in [-0.1, -0.05) is 59.9 Å². The van der Waals surface area contributed by atoms with Crippen molar-refractivity contribution in [2.75, 3.05) is 4.90 Å². The zero-order valence-corrected chi connectivity index (χ0v) is 20.8. The standard InChI is InChI=1S/C26H19IN2O3S/c1-14-12-15(2)21-19(13-14)33-26(28-21)29-22(16-8-10-18(27)11-9-16)20(24(31)25(29)32)23(30)17-6-4-3-5-7-17/h3-13,22,30H,1-2H3/b23-20+. The number of ketones is 1. The van der Waals surface area contributed by atoms with Crippen molar-refractivity contribution in [1.29, 1.82) is 0 Å². The summed E-state index contributed by atoms with van der Waals surface area (Å²) in [5.74, 6) is -1.59. The number of Topliss-reactive ketones (excluding diaryl/α,β-unsaturated/α-hetero) is 1. The largest absolute Gasteiger partial charge is 0.507 e. The van der Waals surface area contributed by atoms with E-state index < -0.39 is 17.7 Å². The number of fused-ring (bicyclic) bond motifs is 1. The number of aliphatic hydroxyl groups is 1. The Balaban J connectivity index is 1.75. The van der Waals surface area contributed by atoms with Gasteiger partial charge in [0, 0.05) is 9.13 Å². The summed E-state index contributed by atoms with van der Waals surface area (Å²) in [4.78, 5) is 32.8. The topological polar surface area (TPSA) is 70.5 Å². The lowest BCUT2D eigenvalue weighted by Crippen LogP contribution is -2.29. The molecule has 4 aromatic rings. The highest BCUT2D eigenvalue weighted by Gasteiger charge is 2.48. The number of carbonyl (C=O) groups is 2. The van der Waals surface area contributed by atoms with Crippen molar-refractivity contribution < 1.29 is 14.7 Å². The lowest BCUT2D eigenvalue weighted by atomic mass is 9.95. The van der Waals surface area contributed by atoms with E-state index >= 15 is 0 Å². The number of hydrogen-bond acceptors (Lipinski definition) is 5. The summed E-state index contributed by atoms with van der Waals surface area (Å²) in [7, 11) is 0. The van der Waals surface area contributed by atoms with Gasteiger partial charge in [0.2, 0.25) is 0 Å². The van der Waals surface area contributed by atoms with E-state index in [1.807, 2.05) is 56.3 Å². The highest BCUT2D eigenvalue weighted by molar-refractivity contribution is 14.1. The van der Waals surface area contributed by atoms with Crippen LogP contribution in [0.25, 0.3) is 16.0 Å². The SMILES string of the molecule is Cc1cc(C)c2nc(N3C(=O)C(=O)/C(=C(/O)c4ccccc4)C3c3ccc(I)cc3)sc2c1. The Kier molecular flexibility index (Phi) is 5.54. The number of aliphatic hydroxyl groups excluding tert-OH is 1. The first-order valence-electron chi connectivity index (χ1n) is 10.3. The molecular formula is C26H19IN2O3S. The molecule has 1 atom stereocenters. The first-order valence-corrected chi connectivity index (χ1v) is 12.2. The maximum absolute atomic E-state index is 13.3. The predicted octanol–water partition coefficient (Wildman–Crippen LogP) is 6.14. The lowest BCUT2D eigenvalue weighted by molar-refractivity contribution is -0.132. The van der Waals surface area contributed by atoms with E-state index in [1.165, 1.54) is 16.2 Å². The van der Waals surface area contributed by atoms with Crippen LogP contribution in [0.5, 0.6) is 0 Å². The molecule has 164 valence electrons. The van der Waals surface area contributed by atoms with Gasteiger partial charge in [-0.3, -0.25) is 14.5 Å². The molecule has 1 aliphatic rings. The minimum atomic E-state index is -0.774. The van der Waals surface area contributed by atoms with E-state index in [0.29, 0.717) is 10.7 Å². The molecule has 1 amide bonds. The summed E-state index contributed by atoms with van der Waals surface area (Å²) in [5.41, 5.74) is 4.22. The van der Waals surface area contributed by atoms with Crippen molar-refractivity contribution >= 4 is 66.7 Å². The van der Waals surface area contributed by atoms with Crippen LogP contribution in [0.15, 0.2) is 72.3 Å². The zero-order valence-electron chi connectivity index (χ0n) is 17.9. The quantitative estimate of drug-likeness (QED) is 0.140. The smallest absolute Gasteiger partial charge is 0.301 e. The van der Waals surface area contributed by atoms with E-state index in [1.54, 1.807) is 24.3 Å². The van der Waals surface area contributed by atoms with Gasteiger partial charge >= 0.3 is 5.91 Å². The number of nitrogens with zero attached hydrogens (tertiary/aromatic N) is 2. The molecule has 1 aliphatic heterocycles. The van der Waals surface area contributed by atoms with E-state index in [2.05, 4.69) is 22.6 Å². The minimum absolute atomic E-state index is 0.0690.